The average molecular weight is 214 g/mol. The summed E-state index contributed by atoms with van der Waals surface area (Å²) in [7, 11) is 0. The van der Waals surface area contributed by atoms with Gasteiger partial charge in [-0.05, 0) is 17.7 Å². The van der Waals surface area contributed by atoms with Gasteiger partial charge in [-0.2, -0.15) is 0 Å². The van der Waals surface area contributed by atoms with Gasteiger partial charge in [-0.1, -0.05) is 12.0 Å². The molecule has 0 amide bonds. The molecule has 16 heavy (non-hydrogen) atoms. The third-order valence-corrected chi connectivity index (χ3v) is 3.42. The van der Waals surface area contributed by atoms with E-state index < -0.39 is 5.97 Å². The van der Waals surface area contributed by atoms with Crippen LogP contribution in [-0.4, -0.2) is 17.7 Å². The highest BCUT2D eigenvalue weighted by atomic mass is 16.5. The van der Waals surface area contributed by atoms with Gasteiger partial charge in [0.15, 0.2) is 0 Å². The molecule has 3 atom stereocenters. The largest absolute Gasteiger partial charge is 0.493 e. The summed E-state index contributed by atoms with van der Waals surface area (Å²) < 4.78 is 5.54. The number of rotatable bonds is 1. The molecule has 0 bridgehead atoms. The maximum Gasteiger partial charge on any atom is 0.307 e. The smallest absolute Gasteiger partial charge is 0.307 e. The zero-order valence-corrected chi connectivity index (χ0v) is 8.51. The summed E-state index contributed by atoms with van der Waals surface area (Å²) in [6, 6.07) is 5.54. The Morgan fingerprint density at radius 1 is 1.56 bits per heavy atom. The van der Waals surface area contributed by atoms with Gasteiger partial charge in [0.2, 0.25) is 0 Å². The number of ether oxygens (including phenoxy) is 1. The number of fused-ring (bicyclic) bond motifs is 3. The van der Waals surface area contributed by atoms with Crippen molar-refractivity contribution in [3.63, 3.8) is 0 Å². The fourth-order valence-electron chi connectivity index (χ4n) is 2.55. The monoisotopic (exact) mass is 214 g/mol. The van der Waals surface area contributed by atoms with E-state index in [9.17, 15) is 4.79 Å². The number of hydrogen-bond acceptors (Lipinski definition) is 2. The van der Waals surface area contributed by atoms with E-state index in [1.165, 1.54) is 0 Å². The molecule has 1 fully saturated rings. The van der Waals surface area contributed by atoms with Crippen LogP contribution in [0, 0.1) is 24.2 Å². The maximum absolute atomic E-state index is 11.0. The van der Waals surface area contributed by atoms with Crippen LogP contribution in [-0.2, 0) is 4.79 Å². The van der Waals surface area contributed by atoms with Gasteiger partial charge in [-0.25, -0.2) is 0 Å². The Balaban J connectivity index is 2.00. The molecule has 80 valence electrons. The molecule has 1 aliphatic heterocycles. The van der Waals surface area contributed by atoms with Crippen LogP contribution in [0.3, 0.4) is 0 Å². The third kappa shape index (κ3) is 1.13. The summed E-state index contributed by atoms with van der Waals surface area (Å²) >= 11 is 0. The summed E-state index contributed by atoms with van der Waals surface area (Å²) in [4.78, 5) is 11.0. The van der Waals surface area contributed by atoms with Crippen molar-refractivity contribution in [2.45, 2.75) is 5.92 Å². The van der Waals surface area contributed by atoms with Crippen LogP contribution in [0.15, 0.2) is 18.2 Å². The topological polar surface area (TPSA) is 46.5 Å². The molecular weight excluding hydrogens is 204 g/mol. The molecule has 1 aromatic rings. The molecule has 0 radical (unpaired) electrons. The van der Waals surface area contributed by atoms with Crippen molar-refractivity contribution < 1.29 is 14.6 Å². The zero-order valence-electron chi connectivity index (χ0n) is 8.51. The predicted octanol–water partition coefficient (Wildman–Crippen LogP) is 1.47. The second-order valence-corrected chi connectivity index (χ2v) is 4.26. The van der Waals surface area contributed by atoms with E-state index in [4.69, 9.17) is 16.3 Å². The minimum atomic E-state index is -0.729. The van der Waals surface area contributed by atoms with E-state index in [1.54, 1.807) is 0 Å². The molecule has 3 unspecified atom stereocenters. The molecule has 3 heteroatoms. The van der Waals surface area contributed by atoms with Gasteiger partial charge in [-0.3, -0.25) is 4.79 Å². The van der Waals surface area contributed by atoms with Crippen molar-refractivity contribution in [2.75, 3.05) is 6.61 Å². The second kappa shape index (κ2) is 3.02. The van der Waals surface area contributed by atoms with E-state index in [2.05, 4.69) is 5.92 Å². The average Bonchev–Trinajstić information content (AvgIpc) is 3.02. The summed E-state index contributed by atoms with van der Waals surface area (Å²) in [6.07, 6.45) is 5.30. The number of benzene rings is 1. The Bertz CT molecular complexity index is 512. The molecular formula is C13H10O3. The van der Waals surface area contributed by atoms with E-state index in [1.807, 2.05) is 18.2 Å². The first-order chi connectivity index (χ1) is 7.72. The van der Waals surface area contributed by atoms with Gasteiger partial charge >= 0.3 is 5.97 Å². The first-order valence-corrected chi connectivity index (χ1v) is 5.18. The summed E-state index contributed by atoms with van der Waals surface area (Å²) in [6.45, 7) is 0.489. The molecule has 0 saturated heterocycles. The Hall–Kier alpha value is -1.95. The number of carboxylic acids is 1. The first kappa shape index (κ1) is 9.29. The molecule has 3 nitrogen and oxygen atoms in total. The van der Waals surface area contributed by atoms with Crippen molar-refractivity contribution in [2.24, 2.45) is 11.8 Å². The fraction of sp³-hybridized carbons (Fsp3) is 0.308. The fourth-order valence-corrected chi connectivity index (χ4v) is 2.55. The highest BCUT2D eigenvalue weighted by molar-refractivity contribution is 5.77. The normalized spacial score (nSPS) is 29.3. The number of carboxylic acid groups (broad SMARTS) is 1. The van der Waals surface area contributed by atoms with Crippen molar-refractivity contribution in [3.8, 4) is 18.1 Å². The lowest BCUT2D eigenvalue weighted by atomic mass is 10.0. The SMILES string of the molecule is C#Cc1ccc2c(c1)OCC1C(C(=O)O)C21. The van der Waals surface area contributed by atoms with Gasteiger partial charge in [0.25, 0.3) is 0 Å². The lowest BCUT2D eigenvalue weighted by molar-refractivity contribution is -0.139. The van der Waals surface area contributed by atoms with Crippen LogP contribution in [0.2, 0.25) is 0 Å². The molecule has 1 aromatic carbocycles. The molecule has 0 aromatic heterocycles. The highest BCUT2D eigenvalue weighted by Crippen LogP contribution is 2.59. The minimum absolute atomic E-state index is 0.119. The van der Waals surface area contributed by atoms with Crippen molar-refractivity contribution in [1.82, 2.24) is 0 Å². The van der Waals surface area contributed by atoms with Crippen molar-refractivity contribution in [1.29, 1.82) is 0 Å². The van der Waals surface area contributed by atoms with E-state index in [0.717, 1.165) is 16.9 Å². The lowest BCUT2D eigenvalue weighted by Gasteiger charge is -2.16. The number of aliphatic carboxylic acids is 1. The summed E-state index contributed by atoms with van der Waals surface area (Å²) in [5, 5.41) is 9.02. The van der Waals surface area contributed by atoms with Crippen LogP contribution in [0.4, 0.5) is 0 Å². The molecule has 1 saturated carbocycles. The van der Waals surface area contributed by atoms with E-state index in [0.29, 0.717) is 6.61 Å². The van der Waals surface area contributed by atoms with Gasteiger partial charge in [0.1, 0.15) is 5.75 Å². The summed E-state index contributed by atoms with van der Waals surface area (Å²) in [5.74, 6) is 2.54. The zero-order chi connectivity index (χ0) is 11.3. The lowest BCUT2D eigenvalue weighted by Crippen LogP contribution is -2.09. The van der Waals surface area contributed by atoms with Crippen molar-refractivity contribution in [3.05, 3.63) is 29.3 Å². The number of hydrogen-bond donors (Lipinski definition) is 1. The van der Waals surface area contributed by atoms with Crippen LogP contribution in [0.1, 0.15) is 17.0 Å². The van der Waals surface area contributed by atoms with Gasteiger partial charge < -0.3 is 9.84 Å². The van der Waals surface area contributed by atoms with Crippen molar-refractivity contribution >= 4 is 5.97 Å². The highest BCUT2D eigenvalue weighted by Gasteiger charge is 2.58. The minimum Gasteiger partial charge on any atom is -0.493 e. The molecule has 1 aliphatic carbocycles. The Labute approximate surface area is 93.0 Å². The standard InChI is InChI=1S/C13H10O3/c1-2-7-3-4-8-10(5-7)16-6-9-11(8)12(9)13(14)15/h1,3-5,9,11-12H,6H2,(H,14,15). The molecule has 1 N–H and O–H groups in total. The number of terminal acetylenes is 1. The second-order valence-electron chi connectivity index (χ2n) is 4.26. The van der Waals surface area contributed by atoms with Crippen LogP contribution in [0.25, 0.3) is 0 Å². The van der Waals surface area contributed by atoms with E-state index >= 15 is 0 Å². The molecule has 1 heterocycles. The Kier molecular flexibility index (Phi) is 1.75. The Morgan fingerprint density at radius 3 is 3.06 bits per heavy atom. The summed E-state index contributed by atoms with van der Waals surface area (Å²) in [5.41, 5.74) is 1.76. The first-order valence-electron chi connectivity index (χ1n) is 5.18. The molecule has 2 aliphatic rings. The maximum atomic E-state index is 11.0. The van der Waals surface area contributed by atoms with Crippen LogP contribution < -0.4 is 4.74 Å². The Morgan fingerprint density at radius 2 is 2.38 bits per heavy atom. The third-order valence-electron chi connectivity index (χ3n) is 3.42. The van der Waals surface area contributed by atoms with Gasteiger partial charge in [-0.15, -0.1) is 6.42 Å². The van der Waals surface area contributed by atoms with Crippen LogP contribution in [0.5, 0.6) is 5.75 Å². The molecule has 0 spiro atoms. The van der Waals surface area contributed by atoms with Crippen LogP contribution >= 0.6 is 0 Å². The van der Waals surface area contributed by atoms with Gasteiger partial charge in [0, 0.05) is 17.4 Å². The number of carbonyl (C=O) groups is 1. The van der Waals surface area contributed by atoms with E-state index in [-0.39, 0.29) is 17.8 Å². The predicted molar refractivity (Wildman–Crippen MR) is 57.2 cm³/mol. The van der Waals surface area contributed by atoms with Gasteiger partial charge in [0.05, 0.1) is 12.5 Å². The molecule has 3 rings (SSSR count). The quantitative estimate of drug-likeness (QED) is 0.720.